The van der Waals surface area contributed by atoms with Crippen molar-refractivity contribution in [1.29, 1.82) is 0 Å². The molecule has 1 aliphatic rings. The number of aliphatic hydroxyl groups is 1. The molecule has 1 rings (SSSR count). The summed E-state index contributed by atoms with van der Waals surface area (Å²) < 4.78 is 40.5. The molecule has 6 heteroatoms. The van der Waals surface area contributed by atoms with Gasteiger partial charge in [0, 0.05) is 0 Å². The summed E-state index contributed by atoms with van der Waals surface area (Å²) in [5.41, 5.74) is -2.45. The lowest BCUT2D eigenvalue weighted by atomic mass is 9.87. The molecule has 0 aromatic heterocycles. The minimum atomic E-state index is -4.63. The Bertz CT molecular complexity index is 213. The van der Waals surface area contributed by atoms with Gasteiger partial charge in [-0.25, -0.2) is 0 Å². The number of carbonyl (C=O) groups excluding carboxylic acids is 1. The third-order valence-corrected chi connectivity index (χ3v) is 1.95. The van der Waals surface area contributed by atoms with E-state index in [0.717, 1.165) is 6.92 Å². The van der Waals surface area contributed by atoms with Crippen LogP contribution >= 0.6 is 0 Å². The number of rotatable bonds is 0. The highest BCUT2D eigenvalue weighted by Crippen LogP contribution is 2.47. The minimum Gasteiger partial charge on any atom is -0.435 e. The van der Waals surface area contributed by atoms with Crippen molar-refractivity contribution in [3.05, 3.63) is 0 Å². The molecule has 1 aliphatic heterocycles. The van der Waals surface area contributed by atoms with Gasteiger partial charge in [-0.1, -0.05) is 0 Å². The molecular formula is C6H7F3O3. The van der Waals surface area contributed by atoms with Gasteiger partial charge in [-0.3, -0.25) is 4.79 Å². The molecule has 12 heavy (non-hydrogen) atoms. The normalized spacial score (nSPS) is 36.8. The van der Waals surface area contributed by atoms with Crippen LogP contribution in [0.1, 0.15) is 13.3 Å². The van der Waals surface area contributed by atoms with Gasteiger partial charge in [0.15, 0.2) is 0 Å². The molecule has 1 saturated heterocycles. The van der Waals surface area contributed by atoms with E-state index in [9.17, 15) is 18.0 Å². The molecule has 1 heterocycles. The minimum absolute atomic E-state index is 0.753. The van der Waals surface area contributed by atoms with E-state index < -0.39 is 30.3 Å². The van der Waals surface area contributed by atoms with Crippen LogP contribution in [0.4, 0.5) is 13.2 Å². The Labute approximate surface area is 66.1 Å². The number of ether oxygens (including phenoxy) is 1. The molecule has 0 aromatic carbocycles. The lowest BCUT2D eigenvalue weighted by Gasteiger charge is -2.26. The van der Waals surface area contributed by atoms with E-state index in [2.05, 4.69) is 4.74 Å². The van der Waals surface area contributed by atoms with Crippen molar-refractivity contribution >= 4 is 5.97 Å². The fraction of sp³-hybridized carbons (Fsp3) is 0.833. The van der Waals surface area contributed by atoms with E-state index >= 15 is 0 Å². The number of aliphatic hydroxyl groups excluding tert-OH is 1. The van der Waals surface area contributed by atoms with Crippen molar-refractivity contribution in [2.75, 3.05) is 0 Å². The quantitative estimate of drug-likeness (QED) is 0.567. The first-order valence-corrected chi connectivity index (χ1v) is 3.21. The number of alkyl halides is 3. The third kappa shape index (κ3) is 1.16. The van der Waals surface area contributed by atoms with Crippen LogP contribution in [-0.2, 0) is 9.53 Å². The Morgan fingerprint density at radius 1 is 1.67 bits per heavy atom. The van der Waals surface area contributed by atoms with E-state index in [1.165, 1.54) is 0 Å². The molecule has 0 aliphatic carbocycles. The first kappa shape index (κ1) is 9.31. The maximum Gasteiger partial charge on any atom is 0.400 e. The maximum atomic E-state index is 12.2. The summed E-state index contributed by atoms with van der Waals surface area (Å²) in [6.45, 7) is 0.753. The standard InChI is InChI=1S/C6H7F3O3/c1-5(6(7,8)9)2-3(10)12-4(5)11/h4,11H,2H2,1H3. The summed E-state index contributed by atoms with van der Waals surface area (Å²) in [5.74, 6) is -1.03. The summed E-state index contributed by atoms with van der Waals surface area (Å²) in [7, 11) is 0. The third-order valence-electron chi connectivity index (χ3n) is 1.95. The molecule has 0 spiro atoms. The van der Waals surface area contributed by atoms with Gasteiger partial charge < -0.3 is 9.84 Å². The van der Waals surface area contributed by atoms with Crippen molar-refractivity contribution in [3.63, 3.8) is 0 Å². The van der Waals surface area contributed by atoms with E-state index in [1.807, 2.05) is 0 Å². The summed E-state index contributed by atoms with van der Waals surface area (Å²) in [5, 5.41) is 8.79. The average Bonchev–Trinajstić information content (AvgIpc) is 2.06. The van der Waals surface area contributed by atoms with Crippen LogP contribution in [0.25, 0.3) is 0 Å². The number of hydrogen-bond donors (Lipinski definition) is 1. The molecule has 1 fully saturated rings. The second-order valence-corrected chi connectivity index (χ2v) is 2.93. The second-order valence-electron chi connectivity index (χ2n) is 2.93. The number of halogens is 3. The zero-order chi connectivity index (χ0) is 9.57. The van der Waals surface area contributed by atoms with E-state index in [1.54, 1.807) is 0 Å². The molecule has 0 amide bonds. The number of esters is 1. The Balaban J connectivity index is 2.92. The zero-order valence-electron chi connectivity index (χ0n) is 6.18. The fourth-order valence-electron chi connectivity index (χ4n) is 0.924. The molecule has 2 unspecified atom stereocenters. The molecular weight excluding hydrogens is 177 g/mol. The average molecular weight is 184 g/mol. The highest BCUT2D eigenvalue weighted by molar-refractivity contribution is 5.72. The molecule has 0 radical (unpaired) electrons. The topological polar surface area (TPSA) is 46.5 Å². The fourth-order valence-corrected chi connectivity index (χ4v) is 0.924. The first-order chi connectivity index (χ1) is 5.27. The Morgan fingerprint density at radius 3 is 2.33 bits per heavy atom. The lowest BCUT2D eigenvalue weighted by molar-refractivity contribution is -0.267. The largest absolute Gasteiger partial charge is 0.435 e. The van der Waals surface area contributed by atoms with Crippen molar-refractivity contribution in [2.45, 2.75) is 25.8 Å². The van der Waals surface area contributed by atoms with Gasteiger partial charge in [-0.2, -0.15) is 13.2 Å². The Morgan fingerprint density at radius 2 is 2.17 bits per heavy atom. The highest BCUT2D eigenvalue weighted by atomic mass is 19.4. The highest BCUT2D eigenvalue weighted by Gasteiger charge is 2.62. The number of cyclic esters (lactones) is 1. The molecule has 0 aromatic rings. The van der Waals surface area contributed by atoms with Gasteiger partial charge in [-0.15, -0.1) is 0 Å². The van der Waals surface area contributed by atoms with Crippen molar-refractivity contribution in [2.24, 2.45) is 5.41 Å². The second kappa shape index (κ2) is 2.35. The van der Waals surface area contributed by atoms with Crippen molar-refractivity contribution in [1.82, 2.24) is 0 Å². The lowest BCUT2D eigenvalue weighted by Crippen LogP contribution is -2.41. The summed E-state index contributed by atoms with van der Waals surface area (Å²) in [4.78, 5) is 10.4. The van der Waals surface area contributed by atoms with Gasteiger partial charge in [0.1, 0.15) is 5.41 Å². The summed E-state index contributed by atoms with van der Waals surface area (Å²) in [6.07, 6.45) is -7.53. The van der Waals surface area contributed by atoms with Crippen LogP contribution in [0.5, 0.6) is 0 Å². The van der Waals surface area contributed by atoms with Gasteiger partial charge in [-0.05, 0) is 6.92 Å². The maximum absolute atomic E-state index is 12.2. The molecule has 70 valence electrons. The number of carbonyl (C=O) groups is 1. The molecule has 1 N–H and O–H groups in total. The van der Waals surface area contributed by atoms with Crippen molar-refractivity contribution in [3.8, 4) is 0 Å². The predicted molar refractivity (Wildman–Crippen MR) is 30.9 cm³/mol. The van der Waals surface area contributed by atoms with Gasteiger partial charge in [0.05, 0.1) is 6.42 Å². The first-order valence-electron chi connectivity index (χ1n) is 3.21. The monoisotopic (exact) mass is 184 g/mol. The van der Waals surface area contributed by atoms with E-state index in [-0.39, 0.29) is 0 Å². The molecule has 3 nitrogen and oxygen atoms in total. The summed E-state index contributed by atoms with van der Waals surface area (Å²) in [6, 6.07) is 0. The SMILES string of the molecule is CC1(C(F)(F)F)CC(=O)OC1O. The van der Waals surface area contributed by atoms with E-state index in [4.69, 9.17) is 5.11 Å². The Hall–Kier alpha value is -0.780. The molecule has 0 saturated carbocycles. The van der Waals surface area contributed by atoms with Crippen LogP contribution in [0.2, 0.25) is 0 Å². The van der Waals surface area contributed by atoms with Crippen molar-refractivity contribution < 1.29 is 27.8 Å². The molecule has 2 atom stereocenters. The number of hydrogen-bond acceptors (Lipinski definition) is 3. The van der Waals surface area contributed by atoms with E-state index in [0.29, 0.717) is 0 Å². The molecule has 0 bridgehead atoms. The summed E-state index contributed by atoms with van der Waals surface area (Å²) >= 11 is 0. The van der Waals surface area contributed by atoms with Crippen LogP contribution in [0, 0.1) is 5.41 Å². The van der Waals surface area contributed by atoms with Crippen LogP contribution in [0.15, 0.2) is 0 Å². The van der Waals surface area contributed by atoms with Crippen LogP contribution in [0.3, 0.4) is 0 Å². The zero-order valence-corrected chi connectivity index (χ0v) is 6.18. The van der Waals surface area contributed by atoms with Gasteiger partial charge >= 0.3 is 12.1 Å². The predicted octanol–water partition coefficient (Wildman–Crippen LogP) is 0.820. The smallest absolute Gasteiger partial charge is 0.400 e. The van der Waals surface area contributed by atoms with Gasteiger partial charge in [0.25, 0.3) is 0 Å². The Kier molecular flexibility index (Phi) is 1.82. The van der Waals surface area contributed by atoms with Crippen LogP contribution < -0.4 is 0 Å². The van der Waals surface area contributed by atoms with Crippen LogP contribution in [-0.4, -0.2) is 23.5 Å². The van der Waals surface area contributed by atoms with Gasteiger partial charge in [0.2, 0.25) is 6.29 Å².